The van der Waals surface area contributed by atoms with Gasteiger partial charge in [0.25, 0.3) is 0 Å². The molecule has 8 heteroatoms. The Morgan fingerprint density at radius 1 is 1.21 bits per heavy atom. The third-order valence-electron chi connectivity index (χ3n) is 4.61. The average Bonchev–Trinajstić information content (AvgIpc) is 3.21. The maximum Gasteiger partial charge on any atom is 0.226 e. The number of aryl methyl sites for hydroxylation is 1. The summed E-state index contributed by atoms with van der Waals surface area (Å²) in [5.41, 5.74) is 1.18. The van der Waals surface area contributed by atoms with Crippen LogP contribution in [0.1, 0.15) is 43.5 Å². The van der Waals surface area contributed by atoms with Gasteiger partial charge >= 0.3 is 0 Å². The van der Waals surface area contributed by atoms with Gasteiger partial charge in [-0.15, -0.1) is 0 Å². The van der Waals surface area contributed by atoms with Crippen molar-refractivity contribution in [3.63, 3.8) is 0 Å². The summed E-state index contributed by atoms with van der Waals surface area (Å²) < 4.78 is 16.0. The predicted octanol–water partition coefficient (Wildman–Crippen LogP) is 2.89. The van der Waals surface area contributed by atoms with Crippen molar-refractivity contribution in [1.29, 1.82) is 0 Å². The summed E-state index contributed by atoms with van der Waals surface area (Å²) >= 11 is 0. The lowest BCUT2D eigenvalue weighted by Gasteiger charge is -2.22. The zero-order chi connectivity index (χ0) is 21.2. The van der Waals surface area contributed by atoms with E-state index in [9.17, 15) is 0 Å². The number of methoxy groups -OCH3 is 2. The van der Waals surface area contributed by atoms with Gasteiger partial charge < -0.3 is 24.2 Å². The summed E-state index contributed by atoms with van der Waals surface area (Å²) in [5.74, 6) is 4.08. The summed E-state index contributed by atoms with van der Waals surface area (Å²) in [6, 6.07) is 6.00. The van der Waals surface area contributed by atoms with Crippen LogP contribution in [0.25, 0.3) is 0 Å². The van der Waals surface area contributed by atoms with E-state index in [4.69, 9.17) is 14.0 Å². The highest BCUT2D eigenvalue weighted by atomic mass is 16.5. The third kappa shape index (κ3) is 6.66. The van der Waals surface area contributed by atoms with E-state index in [1.807, 2.05) is 19.2 Å². The van der Waals surface area contributed by atoms with Gasteiger partial charge in [0.15, 0.2) is 23.3 Å². The quantitative estimate of drug-likeness (QED) is 0.371. The number of rotatable bonds is 10. The number of guanidine groups is 1. The normalized spacial score (nSPS) is 11.6. The molecule has 2 rings (SSSR count). The zero-order valence-electron chi connectivity index (χ0n) is 18.4. The van der Waals surface area contributed by atoms with Crippen LogP contribution in [0.15, 0.2) is 27.7 Å². The molecular formula is C21H33N5O3. The number of ether oxygens (including phenoxy) is 2. The molecule has 0 amide bonds. The van der Waals surface area contributed by atoms with Crippen LogP contribution >= 0.6 is 0 Å². The van der Waals surface area contributed by atoms with E-state index in [1.165, 1.54) is 5.56 Å². The van der Waals surface area contributed by atoms with Crippen LogP contribution in [0.5, 0.6) is 11.5 Å². The van der Waals surface area contributed by atoms with E-state index in [0.29, 0.717) is 5.89 Å². The number of aromatic nitrogens is 2. The first-order valence-electron chi connectivity index (χ1n) is 9.93. The molecule has 0 spiro atoms. The average molecular weight is 404 g/mol. The minimum atomic E-state index is 0.281. The lowest BCUT2D eigenvalue weighted by atomic mass is 10.1. The molecule has 0 saturated carbocycles. The number of likely N-dealkylation sites (N-methyl/N-ethyl adjacent to an activating group) is 1. The highest BCUT2D eigenvalue weighted by molar-refractivity contribution is 5.79. The molecule has 0 aliphatic carbocycles. The highest BCUT2D eigenvalue weighted by Gasteiger charge is 2.11. The van der Waals surface area contributed by atoms with Gasteiger partial charge in [-0.3, -0.25) is 4.99 Å². The van der Waals surface area contributed by atoms with Crippen LogP contribution in [0.4, 0.5) is 0 Å². The maximum atomic E-state index is 5.38. The van der Waals surface area contributed by atoms with Crippen molar-refractivity contribution in [2.45, 2.75) is 39.0 Å². The van der Waals surface area contributed by atoms with Gasteiger partial charge in [0, 0.05) is 39.5 Å². The SMILES string of the molecule is CN=C(NCCCc1nc(C(C)C)no1)N(C)CCc1ccc(OC)c(OC)c1. The van der Waals surface area contributed by atoms with Gasteiger partial charge in [0.1, 0.15) is 0 Å². The van der Waals surface area contributed by atoms with E-state index < -0.39 is 0 Å². The van der Waals surface area contributed by atoms with Crippen LogP contribution in [-0.4, -0.2) is 62.4 Å². The molecule has 1 aromatic carbocycles. The summed E-state index contributed by atoms with van der Waals surface area (Å²) in [4.78, 5) is 10.9. The molecule has 0 aliphatic heterocycles. The molecule has 0 aliphatic rings. The van der Waals surface area contributed by atoms with Gasteiger partial charge in [0.2, 0.25) is 5.89 Å². The number of hydrogen-bond acceptors (Lipinski definition) is 6. The Morgan fingerprint density at radius 2 is 1.97 bits per heavy atom. The van der Waals surface area contributed by atoms with Crippen molar-refractivity contribution in [2.75, 3.05) is 41.4 Å². The van der Waals surface area contributed by atoms with E-state index >= 15 is 0 Å². The van der Waals surface area contributed by atoms with Gasteiger partial charge in [-0.1, -0.05) is 25.1 Å². The van der Waals surface area contributed by atoms with Gasteiger partial charge in [-0.05, 0) is 30.5 Å². The predicted molar refractivity (Wildman–Crippen MR) is 114 cm³/mol. The second-order valence-electron chi connectivity index (χ2n) is 7.14. The van der Waals surface area contributed by atoms with Gasteiger partial charge in [-0.25, -0.2) is 0 Å². The topological polar surface area (TPSA) is 85.0 Å². The minimum Gasteiger partial charge on any atom is -0.493 e. The summed E-state index contributed by atoms with van der Waals surface area (Å²) in [6.07, 6.45) is 2.51. The summed E-state index contributed by atoms with van der Waals surface area (Å²) in [5, 5.41) is 7.38. The number of nitrogens with one attached hydrogen (secondary N) is 1. The molecule has 0 radical (unpaired) electrons. The lowest BCUT2D eigenvalue weighted by molar-refractivity contribution is 0.354. The fourth-order valence-corrected chi connectivity index (χ4v) is 2.87. The summed E-state index contributed by atoms with van der Waals surface area (Å²) in [6.45, 7) is 5.72. The van der Waals surface area contributed by atoms with Crippen molar-refractivity contribution < 1.29 is 14.0 Å². The monoisotopic (exact) mass is 403 g/mol. The molecule has 0 atom stereocenters. The van der Waals surface area contributed by atoms with Crippen molar-refractivity contribution in [1.82, 2.24) is 20.4 Å². The molecule has 1 N–H and O–H groups in total. The zero-order valence-corrected chi connectivity index (χ0v) is 18.4. The Balaban J connectivity index is 1.77. The van der Waals surface area contributed by atoms with Crippen LogP contribution in [0.2, 0.25) is 0 Å². The number of aliphatic imine (C=N–C) groups is 1. The van der Waals surface area contributed by atoms with Crippen molar-refractivity contribution >= 4 is 5.96 Å². The van der Waals surface area contributed by atoms with E-state index in [-0.39, 0.29) is 5.92 Å². The molecule has 1 aromatic heterocycles. The Bertz CT molecular complexity index is 788. The number of benzene rings is 1. The van der Waals surface area contributed by atoms with E-state index in [1.54, 1.807) is 21.3 Å². The Morgan fingerprint density at radius 3 is 2.59 bits per heavy atom. The molecule has 0 saturated heterocycles. The molecule has 29 heavy (non-hydrogen) atoms. The smallest absolute Gasteiger partial charge is 0.226 e. The highest BCUT2D eigenvalue weighted by Crippen LogP contribution is 2.27. The molecule has 0 fully saturated rings. The minimum absolute atomic E-state index is 0.281. The van der Waals surface area contributed by atoms with E-state index in [2.05, 4.69) is 45.3 Å². The molecule has 0 unspecified atom stereocenters. The summed E-state index contributed by atoms with van der Waals surface area (Å²) in [7, 11) is 7.12. The number of hydrogen-bond donors (Lipinski definition) is 1. The van der Waals surface area contributed by atoms with E-state index in [0.717, 1.165) is 55.6 Å². The fourth-order valence-electron chi connectivity index (χ4n) is 2.87. The van der Waals surface area contributed by atoms with Crippen molar-refractivity contribution in [3.8, 4) is 11.5 Å². The largest absolute Gasteiger partial charge is 0.493 e. The third-order valence-corrected chi connectivity index (χ3v) is 4.61. The molecule has 2 aromatic rings. The van der Waals surface area contributed by atoms with Crippen molar-refractivity contribution in [2.24, 2.45) is 4.99 Å². The first kappa shape index (κ1) is 22.5. The van der Waals surface area contributed by atoms with Crippen LogP contribution < -0.4 is 14.8 Å². The Kier molecular flexibility index (Phi) is 8.76. The standard InChI is InChI=1S/C21H33N5O3/c1-15(2)20-24-19(29-25-20)8-7-12-23-21(22-3)26(4)13-11-16-9-10-17(27-5)18(14-16)28-6/h9-10,14-15H,7-8,11-13H2,1-6H3,(H,22,23). The van der Waals surface area contributed by atoms with Gasteiger partial charge in [0.05, 0.1) is 14.2 Å². The molecule has 0 bridgehead atoms. The van der Waals surface area contributed by atoms with Crippen LogP contribution in [-0.2, 0) is 12.8 Å². The lowest BCUT2D eigenvalue weighted by Crippen LogP contribution is -2.40. The van der Waals surface area contributed by atoms with Crippen LogP contribution in [0.3, 0.4) is 0 Å². The maximum absolute atomic E-state index is 5.38. The van der Waals surface area contributed by atoms with Crippen LogP contribution in [0, 0.1) is 0 Å². The fraction of sp³-hybridized carbons (Fsp3) is 0.571. The Labute approximate surface area is 173 Å². The second-order valence-corrected chi connectivity index (χ2v) is 7.14. The molecule has 160 valence electrons. The number of nitrogens with zero attached hydrogens (tertiary/aromatic N) is 4. The molecule has 1 heterocycles. The molecular weight excluding hydrogens is 370 g/mol. The van der Waals surface area contributed by atoms with Gasteiger partial charge in [-0.2, -0.15) is 4.98 Å². The van der Waals surface area contributed by atoms with Crippen molar-refractivity contribution in [3.05, 3.63) is 35.5 Å². The first-order chi connectivity index (χ1) is 14.0. The first-order valence-corrected chi connectivity index (χ1v) is 9.93. The second kappa shape index (κ2) is 11.3. The molecule has 8 nitrogen and oxygen atoms in total. The Hall–Kier alpha value is -2.77.